The normalized spacial score (nSPS) is 15.0. The number of rotatable bonds is 7. The minimum atomic E-state index is -1.03. The van der Waals surface area contributed by atoms with Gasteiger partial charge in [0.2, 0.25) is 5.91 Å². The number of hydrogen-bond donors (Lipinski definition) is 2. The third-order valence-corrected chi connectivity index (χ3v) is 5.96. The molecule has 1 unspecified atom stereocenters. The van der Waals surface area contributed by atoms with Crippen LogP contribution in [0.2, 0.25) is 0 Å². The van der Waals surface area contributed by atoms with Crippen molar-refractivity contribution in [3.8, 4) is 0 Å². The van der Waals surface area contributed by atoms with Gasteiger partial charge in [-0.3, -0.25) is 14.0 Å². The molecule has 1 aliphatic rings. The second-order valence-corrected chi connectivity index (χ2v) is 8.10. The van der Waals surface area contributed by atoms with Crippen molar-refractivity contribution in [2.75, 3.05) is 30.8 Å². The van der Waals surface area contributed by atoms with Crippen LogP contribution in [-0.2, 0) is 22.1 Å². The van der Waals surface area contributed by atoms with E-state index >= 15 is 0 Å². The van der Waals surface area contributed by atoms with Crippen molar-refractivity contribution in [3.05, 3.63) is 60.2 Å². The van der Waals surface area contributed by atoms with E-state index in [1.807, 2.05) is 59.5 Å². The molecule has 29 heavy (non-hydrogen) atoms. The van der Waals surface area contributed by atoms with Gasteiger partial charge in [0.15, 0.2) is 5.96 Å². The van der Waals surface area contributed by atoms with E-state index < -0.39 is 10.8 Å². The van der Waals surface area contributed by atoms with Crippen LogP contribution in [0.15, 0.2) is 64.5 Å². The highest BCUT2D eigenvalue weighted by atomic mass is 127. The van der Waals surface area contributed by atoms with Crippen molar-refractivity contribution in [1.29, 1.82) is 0 Å². The highest BCUT2D eigenvalue weighted by Gasteiger charge is 2.21. The minimum absolute atomic E-state index is 0. The van der Waals surface area contributed by atoms with E-state index in [2.05, 4.69) is 15.6 Å². The maximum atomic E-state index is 12.2. The average Bonchev–Trinajstić information content (AvgIpc) is 3.17. The molecule has 2 aromatic rings. The van der Waals surface area contributed by atoms with Crippen LogP contribution in [0.5, 0.6) is 0 Å². The molecular weight excluding hydrogens is 499 g/mol. The maximum Gasteiger partial charge on any atom is 0.227 e. The molecule has 156 valence electrons. The summed E-state index contributed by atoms with van der Waals surface area (Å²) >= 11 is 0. The topological polar surface area (TPSA) is 73.8 Å². The van der Waals surface area contributed by atoms with Crippen LogP contribution in [0, 0.1) is 0 Å². The van der Waals surface area contributed by atoms with Gasteiger partial charge in [-0.2, -0.15) is 0 Å². The molecule has 1 amide bonds. The lowest BCUT2D eigenvalue weighted by atomic mass is 10.2. The largest absolute Gasteiger partial charge is 0.355 e. The van der Waals surface area contributed by atoms with Crippen molar-refractivity contribution in [3.63, 3.8) is 0 Å². The summed E-state index contributed by atoms with van der Waals surface area (Å²) in [7, 11) is 0.688. The van der Waals surface area contributed by atoms with Crippen LogP contribution in [0.3, 0.4) is 0 Å². The number of nitrogens with zero attached hydrogens (tertiary/aromatic N) is 2. The molecule has 0 bridgehead atoms. The number of nitrogens with one attached hydrogen (secondary N) is 2. The van der Waals surface area contributed by atoms with Gasteiger partial charge in [0.1, 0.15) is 0 Å². The highest BCUT2D eigenvalue weighted by Crippen LogP contribution is 2.21. The first-order chi connectivity index (χ1) is 13.7. The third-order valence-electron chi connectivity index (χ3n) is 4.59. The Bertz CT molecular complexity index is 844. The Labute approximate surface area is 191 Å². The molecule has 1 atom stereocenters. The molecule has 1 saturated heterocycles. The van der Waals surface area contributed by atoms with Crippen molar-refractivity contribution >= 4 is 52.3 Å². The van der Waals surface area contributed by atoms with Crippen LogP contribution in [0.25, 0.3) is 0 Å². The molecule has 2 N–H and O–H groups in total. The molecule has 6 nitrogen and oxygen atoms in total. The van der Waals surface area contributed by atoms with Gasteiger partial charge in [-0.05, 0) is 36.2 Å². The Balaban J connectivity index is 0.00000300. The first kappa shape index (κ1) is 23.3. The summed E-state index contributed by atoms with van der Waals surface area (Å²) in [5.74, 6) is 1.38. The quantitative estimate of drug-likeness (QED) is 0.331. The second-order valence-electron chi connectivity index (χ2n) is 6.53. The summed E-state index contributed by atoms with van der Waals surface area (Å²) in [5, 5.41) is 6.45. The summed E-state index contributed by atoms with van der Waals surface area (Å²) in [6.45, 7) is 1.99. The summed E-state index contributed by atoms with van der Waals surface area (Å²) in [6, 6.07) is 17.5. The van der Waals surface area contributed by atoms with Crippen LogP contribution in [-0.4, -0.2) is 42.0 Å². The van der Waals surface area contributed by atoms with Crippen molar-refractivity contribution in [2.24, 2.45) is 4.99 Å². The second kappa shape index (κ2) is 11.9. The summed E-state index contributed by atoms with van der Waals surface area (Å²) < 4.78 is 12.2. The number of carbonyl (C=O) groups is 1. The Morgan fingerprint density at radius 3 is 2.45 bits per heavy atom. The molecule has 0 saturated carbocycles. The van der Waals surface area contributed by atoms with Gasteiger partial charge in [-0.15, -0.1) is 24.0 Å². The number of guanidine groups is 1. The van der Waals surface area contributed by atoms with E-state index in [1.54, 1.807) is 7.05 Å². The van der Waals surface area contributed by atoms with E-state index in [9.17, 15) is 9.00 Å². The SMILES string of the molecule is CN=C(NCCS(=O)c1ccccc1)NCc1ccc(N2CCCC2=O)cc1.I. The number of hydrogen-bond acceptors (Lipinski definition) is 3. The predicted octanol–water partition coefficient (Wildman–Crippen LogP) is 2.90. The molecule has 0 radical (unpaired) electrons. The monoisotopic (exact) mass is 526 g/mol. The van der Waals surface area contributed by atoms with Gasteiger partial charge in [0.05, 0.1) is 10.8 Å². The Morgan fingerprint density at radius 2 is 1.83 bits per heavy atom. The molecule has 0 aromatic heterocycles. The number of benzene rings is 2. The Morgan fingerprint density at radius 1 is 1.10 bits per heavy atom. The zero-order valence-corrected chi connectivity index (χ0v) is 19.6. The van der Waals surface area contributed by atoms with Gasteiger partial charge in [-0.25, -0.2) is 0 Å². The zero-order valence-electron chi connectivity index (χ0n) is 16.5. The smallest absolute Gasteiger partial charge is 0.227 e. The third kappa shape index (κ3) is 6.81. The predicted molar refractivity (Wildman–Crippen MR) is 129 cm³/mol. The molecule has 2 aromatic carbocycles. The van der Waals surface area contributed by atoms with Crippen LogP contribution < -0.4 is 15.5 Å². The summed E-state index contributed by atoms with van der Waals surface area (Å²) in [4.78, 5) is 18.7. The fraction of sp³-hybridized carbons (Fsp3) is 0.333. The Hall–Kier alpha value is -1.94. The molecule has 1 aliphatic heterocycles. The molecule has 3 rings (SSSR count). The van der Waals surface area contributed by atoms with Crippen molar-refractivity contribution < 1.29 is 9.00 Å². The van der Waals surface area contributed by atoms with E-state index in [0.29, 0.717) is 31.2 Å². The molecule has 1 heterocycles. The lowest BCUT2D eigenvalue weighted by Crippen LogP contribution is -2.38. The first-order valence-corrected chi connectivity index (χ1v) is 10.8. The lowest BCUT2D eigenvalue weighted by Gasteiger charge is -2.16. The molecule has 1 fully saturated rings. The maximum absolute atomic E-state index is 12.2. The van der Waals surface area contributed by atoms with Gasteiger partial charge in [0.25, 0.3) is 0 Å². The Kier molecular flexibility index (Phi) is 9.59. The molecular formula is C21H27IN4O2S. The van der Waals surface area contributed by atoms with E-state index in [1.165, 1.54) is 0 Å². The zero-order chi connectivity index (χ0) is 19.8. The van der Waals surface area contributed by atoms with Crippen LogP contribution in [0.1, 0.15) is 18.4 Å². The van der Waals surface area contributed by atoms with Crippen molar-refractivity contribution in [1.82, 2.24) is 10.6 Å². The van der Waals surface area contributed by atoms with E-state index in [4.69, 9.17) is 0 Å². The first-order valence-electron chi connectivity index (χ1n) is 9.44. The van der Waals surface area contributed by atoms with Gasteiger partial charge >= 0.3 is 0 Å². The minimum Gasteiger partial charge on any atom is -0.355 e. The lowest BCUT2D eigenvalue weighted by molar-refractivity contribution is -0.117. The number of halogens is 1. The van der Waals surface area contributed by atoms with Gasteiger partial charge < -0.3 is 15.5 Å². The summed E-state index contributed by atoms with van der Waals surface area (Å²) in [5.41, 5.74) is 2.06. The fourth-order valence-corrected chi connectivity index (χ4v) is 4.06. The van der Waals surface area contributed by atoms with Gasteiger partial charge in [-0.1, -0.05) is 30.3 Å². The van der Waals surface area contributed by atoms with Crippen LogP contribution >= 0.6 is 24.0 Å². The number of carbonyl (C=O) groups excluding carboxylic acids is 1. The standard InChI is InChI=1S/C21H26N4O2S.HI/c1-22-21(23-13-15-28(27)19-6-3-2-4-7-19)24-16-17-9-11-18(12-10-17)25-14-5-8-20(25)26;/h2-4,6-7,9-12H,5,8,13-16H2,1H3,(H2,22,23,24);1H. The summed E-state index contributed by atoms with van der Waals surface area (Å²) in [6.07, 6.45) is 1.57. The van der Waals surface area contributed by atoms with Crippen molar-refractivity contribution in [2.45, 2.75) is 24.3 Å². The molecule has 0 spiro atoms. The highest BCUT2D eigenvalue weighted by molar-refractivity contribution is 14.0. The average molecular weight is 526 g/mol. The molecule has 8 heteroatoms. The van der Waals surface area contributed by atoms with E-state index in [-0.39, 0.29) is 29.9 Å². The number of anilines is 1. The van der Waals surface area contributed by atoms with E-state index in [0.717, 1.165) is 29.1 Å². The van der Waals surface area contributed by atoms with Gasteiger partial charge in [0, 0.05) is 49.4 Å². The fourth-order valence-electron chi connectivity index (χ4n) is 3.07. The number of amides is 1. The molecule has 0 aliphatic carbocycles. The number of aliphatic imine (C=N–C) groups is 1. The van der Waals surface area contributed by atoms with Crippen LogP contribution in [0.4, 0.5) is 5.69 Å².